The molecule has 46 heavy (non-hydrogen) atoms. The summed E-state index contributed by atoms with van der Waals surface area (Å²) in [7, 11) is -3.62. The number of rotatable bonds is 10. The highest BCUT2D eigenvalue weighted by atomic mass is 79.9. The normalized spacial score (nSPS) is 13.9. The Morgan fingerprint density at radius 1 is 0.978 bits per heavy atom. The molecule has 1 aliphatic rings. The smallest absolute Gasteiger partial charge is 0.345 e. The van der Waals surface area contributed by atoms with E-state index in [0.29, 0.717) is 24.6 Å². The van der Waals surface area contributed by atoms with Crippen molar-refractivity contribution in [1.82, 2.24) is 24.4 Å². The molecule has 0 spiro atoms. The fourth-order valence-electron chi connectivity index (χ4n) is 4.59. The lowest BCUT2D eigenvalue weighted by Crippen LogP contribution is -2.28. The predicted octanol–water partition coefficient (Wildman–Crippen LogP) is 6.15. The van der Waals surface area contributed by atoms with E-state index >= 15 is 0 Å². The lowest BCUT2D eigenvalue weighted by Gasteiger charge is -2.15. The van der Waals surface area contributed by atoms with Crippen molar-refractivity contribution in [2.45, 2.75) is 35.6 Å². The van der Waals surface area contributed by atoms with Crippen molar-refractivity contribution in [3.63, 3.8) is 0 Å². The summed E-state index contributed by atoms with van der Waals surface area (Å²) in [6.07, 6.45) is -2.98. The van der Waals surface area contributed by atoms with Gasteiger partial charge in [0.2, 0.25) is 15.9 Å². The zero-order chi connectivity index (χ0) is 33.1. The lowest BCUT2D eigenvalue weighted by molar-refractivity contribution is -0.137. The van der Waals surface area contributed by atoms with Crippen LogP contribution in [0.25, 0.3) is 5.69 Å². The van der Waals surface area contributed by atoms with E-state index in [1.54, 1.807) is 28.8 Å². The summed E-state index contributed by atoms with van der Waals surface area (Å²) in [5, 5.41) is 13.8. The van der Waals surface area contributed by atoms with Crippen LogP contribution in [-0.4, -0.2) is 58.1 Å². The van der Waals surface area contributed by atoms with Gasteiger partial charge in [0.05, 0.1) is 33.5 Å². The standard InChI is InChI=1S/C29H25BrClF3N6O4S2/c30-20-6-8-21(9-7-20)40-25(16-35-27(42)18-3-10-22(11-4-18)46(43,44)39-13-1-2-14-39)37-38-28(40)45-17-26(41)36-24-15-19(29(32,33)34)5-12-23(24)31/h3-12,15H,1-2,13-14,16-17H2,(H,35,42)(H,36,41). The van der Waals surface area contributed by atoms with Gasteiger partial charge in [-0.25, -0.2) is 8.42 Å². The summed E-state index contributed by atoms with van der Waals surface area (Å²) in [4.78, 5) is 25.8. The summed E-state index contributed by atoms with van der Waals surface area (Å²) < 4.78 is 68.9. The first-order valence-electron chi connectivity index (χ1n) is 13.7. The van der Waals surface area contributed by atoms with Crippen molar-refractivity contribution in [3.05, 3.63) is 93.2 Å². The number of anilines is 1. The van der Waals surface area contributed by atoms with Crippen LogP contribution < -0.4 is 10.6 Å². The van der Waals surface area contributed by atoms with Crippen molar-refractivity contribution in [2.24, 2.45) is 0 Å². The van der Waals surface area contributed by atoms with E-state index < -0.39 is 33.6 Å². The highest BCUT2D eigenvalue weighted by Gasteiger charge is 2.31. The van der Waals surface area contributed by atoms with Gasteiger partial charge < -0.3 is 10.6 Å². The number of carbonyl (C=O) groups excluding carboxylic acids is 2. The molecular formula is C29H25BrClF3N6O4S2. The number of aromatic nitrogens is 3. The van der Waals surface area contributed by atoms with E-state index in [2.05, 4.69) is 36.8 Å². The quantitative estimate of drug-likeness (QED) is 0.186. The number of carbonyl (C=O) groups is 2. The maximum atomic E-state index is 13.1. The second-order valence-electron chi connectivity index (χ2n) is 10.1. The first-order chi connectivity index (χ1) is 21.8. The minimum absolute atomic E-state index is 0.0507. The minimum Gasteiger partial charge on any atom is -0.345 e. The Morgan fingerprint density at radius 3 is 2.30 bits per heavy atom. The fourth-order valence-corrected chi connectivity index (χ4v) is 7.31. The highest BCUT2D eigenvalue weighted by Crippen LogP contribution is 2.34. The molecule has 0 unspecified atom stereocenters. The van der Waals surface area contributed by atoms with Gasteiger partial charge >= 0.3 is 6.18 Å². The van der Waals surface area contributed by atoms with Gasteiger partial charge in [0, 0.05) is 28.8 Å². The Hall–Kier alpha value is -3.44. The summed E-state index contributed by atoms with van der Waals surface area (Å²) in [6, 6.07) is 15.4. The molecule has 2 amide bonds. The van der Waals surface area contributed by atoms with Gasteiger partial charge in [0.15, 0.2) is 11.0 Å². The number of nitrogens with one attached hydrogen (secondary N) is 2. The van der Waals surface area contributed by atoms with Crippen LogP contribution in [0.1, 0.15) is 34.6 Å². The molecule has 1 aliphatic heterocycles. The molecule has 2 N–H and O–H groups in total. The van der Waals surface area contributed by atoms with Crippen LogP contribution >= 0.6 is 39.3 Å². The first kappa shape index (κ1) is 33.9. The van der Waals surface area contributed by atoms with Crippen molar-refractivity contribution in [1.29, 1.82) is 0 Å². The van der Waals surface area contributed by atoms with Crippen LogP contribution in [0, 0.1) is 0 Å². The van der Waals surface area contributed by atoms with Crippen LogP contribution in [0.2, 0.25) is 5.02 Å². The largest absolute Gasteiger partial charge is 0.416 e. The van der Waals surface area contributed by atoms with Crippen LogP contribution in [0.4, 0.5) is 18.9 Å². The lowest BCUT2D eigenvalue weighted by atomic mass is 10.2. The molecule has 1 fully saturated rings. The van der Waals surface area contributed by atoms with Crippen molar-refractivity contribution in [2.75, 3.05) is 24.2 Å². The van der Waals surface area contributed by atoms with Gasteiger partial charge in [-0.3, -0.25) is 14.2 Å². The number of thioether (sulfide) groups is 1. The molecule has 0 aliphatic carbocycles. The van der Waals surface area contributed by atoms with Crippen molar-refractivity contribution in [3.8, 4) is 5.69 Å². The van der Waals surface area contributed by atoms with Gasteiger partial charge in [-0.15, -0.1) is 10.2 Å². The van der Waals surface area contributed by atoms with Crippen LogP contribution in [0.3, 0.4) is 0 Å². The Labute approximate surface area is 279 Å². The molecule has 0 bridgehead atoms. The van der Waals surface area contributed by atoms with Gasteiger partial charge in [-0.1, -0.05) is 39.3 Å². The Bertz CT molecular complexity index is 1850. The molecule has 1 saturated heterocycles. The predicted molar refractivity (Wildman–Crippen MR) is 170 cm³/mol. The molecule has 0 radical (unpaired) electrons. The van der Waals surface area contributed by atoms with Crippen molar-refractivity contribution >= 4 is 66.8 Å². The molecule has 3 aromatic carbocycles. The highest BCUT2D eigenvalue weighted by molar-refractivity contribution is 9.10. The summed E-state index contributed by atoms with van der Waals surface area (Å²) in [5.74, 6) is -1.00. The second kappa shape index (κ2) is 14.1. The van der Waals surface area contributed by atoms with E-state index in [4.69, 9.17) is 11.6 Å². The van der Waals surface area contributed by atoms with Crippen LogP contribution in [-0.2, 0) is 27.5 Å². The van der Waals surface area contributed by atoms with E-state index in [0.717, 1.165) is 47.3 Å². The van der Waals surface area contributed by atoms with E-state index in [9.17, 15) is 31.2 Å². The number of sulfonamides is 1. The summed E-state index contributed by atoms with van der Waals surface area (Å²) >= 11 is 10.4. The number of hydrogen-bond acceptors (Lipinski definition) is 7. The van der Waals surface area contributed by atoms with E-state index in [-0.39, 0.29) is 38.6 Å². The zero-order valence-electron chi connectivity index (χ0n) is 23.7. The van der Waals surface area contributed by atoms with Crippen LogP contribution in [0.15, 0.2) is 81.3 Å². The van der Waals surface area contributed by atoms with E-state index in [1.807, 2.05) is 0 Å². The SMILES string of the molecule is O=C(CSc1nnc(CNC(=O)c2ccc(S(=O)(=O)N3CCCC3)cc2)n1-c1ccc(Br)cc1)Nc1cc(C(F)(F)F)ccc1Cl. The molecule has 0 atom stereocenters. The first-order valence-corrected chi connectivity index (χ1v) is 17.3. The third kappa shape index (κ3) is 7.91. The number of hydrogen-bond donors (Lipinski definition) is 2. The summed E-state index contributed by atoms with van der Waals surface area (Å²) in [6.45, 7) is 0.875. The second-order valence-corrected chi connectivity index (χ2v) is 14.3. The number of benzene rings is 3. The zero-order valence-corrected chi connectivity index (χ0v) is 27.7. The fraction of sp³-hybridized carbons (Fsp3) is 0.241. The molecule has 242 valence electrons. The minimum atomic E-state index is -4.61. The maximum Gasteiger partial charge on any atom is 0.416 e. The van der Waals surface area contributed by atoms with E-state index in [1.165, 1.54) is 28.6 Å². The van der Waals surface area contributed by atoms with Crippen molar-refractivity contribution < 1.29 is 31.2 Å². The molecule has 1 aromatic heterocycles. The topological polar surface area (TPSA) is 126 Å². The third-order valence-electron chi connectivity index (χ3n) is 6.91. The third-order valence-corrected chi connectivity index (χ3v) is 10.6. The molecular weight excluding hydrogens is 733 g/mol. The average molecular weight is 758 g/mol. The Kier molecular flexibility index (Phi) is 10.4. The molecule has 4 aromatic rings. The Balaban J connectivity index is 1.28. The van der Waals surface area contributed by atoms with Gasteiger partial charge in [0.1, 0.15) is 0 Å². The molecule has 10 nitrogen and oxygen atoms in total. The Morgan fingerprint density at radius 2 is 1.65 bits per heavy atom. The summed E-state index contributed by atoms with van der Waals surface area (Å²) in [5.41, 5.74) is -0.265. The number of amides is 2. The van der Waals surface area contributed by atoms with Gasteiger partial charge in [0.25, 0.3) is 5.91 Å². The monoisotopic (exact) mass is 756 g/mol. The number of nitrogens with zero attached hydrogens (tertiary/aromatic N) is 4. The average Bonchev–Trinajstić information content (AvgIpc) is 3.71. The molecule has 5 rings (SSSR count). The van der Waals surface area contributed by atoms with Gasteiger partial charge in [-0.2, -0.15) is 17.5 Å². The van der Waals surface area contributed by atoms with Gasteiger partial charge in [-0.05, 0) is 79.6 Å². The number of halogens is 5. The van der Waals surface area contributed by atoms with Crippen LogP contribution in [0.5, 0.6) is 0 Å². The molecule has 2 heterocycles. The molecule has 0 saturated carbocycles. The maximum absolute atomic E-state index is 13.1. The molecule has 17 heteroatoms. The number of alkyl halides is 3.